The Balaban J connectivity index is 2.17. The molecule has 114 valence electrons. The maximum atomic E-state index is 11.2. The van der Waals surface area contributed by atoms with E-state index in [2.05, 4.69) is 9.30 Å². The summed E-state index contributed by atoms with van der Waals surface area (Å²) >= 11 is 1.57. The lowest BCUT2D eigenvalue weighted by Gasteiger charge is -2.26. The van der Waals surface area contributed by atoms with E-state index in [4.69, 9.17) is 5.73 Å². The average molecular weight is 308 g/mol. The van der Waals surface area contributed by atoms with E-state index in [0.29, 0.717) is 12.2 Å². The molecule has 2 rings (SSSR count). The fourth-order valence-corrected chi connectivity index (χ4v) is 3.34. The maximum Gasteiger partial charge on any atom is 0.352 e. The highest BCUT2D eigenvalue weighted by Crippen LogP contribution is 2.31. The van der Waals surface area contributed by atoms with Crippen molar-refractivity contribution in [3.8, 4) is 0 Å². The topological polar surface area (TPSA) is 83.8 Å². The molecule has 1 aliphatic rings. The van der Waals surface area contributed by atoms with Gasteiger partial charge in [0.25, 0.3) is 0 Å². The standard InChI is InChI=1S/C14H20N4O2S/c1-9-13(6-12(14(19)20)17(9)3)21-18-5-4-11(15)10(8-18)7-16-2/h6-7H,4-5,8,15H2,1-3H3,(H,19,20). The van der Waals surface area contributed by atoms with E-state index in [1.165, 1.54) is 0 Å². The third-order valence-electron chi connectivity index (χ3n) is 3.61. The minimum Gasteiger partial charge on any atom is -0.477 e. The number of hydrogen-bond donors (Lipinski definition) is 2. The molecule has 0 saturated heterocycles. The molecule has 0 saturated carbocycles. The Hall–Kier alpha value is -1.73. The Morgan fingerprint density at radius 3 is 2.86 bits per heavy atom. The Bertz CT molecular complexity index is 619. The summed E-state index contributed by atoms with van der Waals surface area (Å²) in [5, 5.41) is 9.17. The molecule has 21 heavy (non-hydrogen) atoms. The predicted octanol–water partition coefficient (Wildman–Crippen LogP) is 1.66. The molecule has 1 aromatic heterocycles. The van der Waals surface area contributed by atoms with Crippen LogP contribution in [-0.4, -0.2) is 46.3 Å². The van der Waals surface area contributed by atoms with Gasteiger partial charge in [0.1, 0.15) is 5.69 Å². The molecule has 7 heteroatoms. The average Bonchev–Trinajstić information content (AvgIpc) is 2.71. The van der Waals surface area contributed by atoms with Gasteiger partial charge in [0.2, 0.25) is 0 Å². The van der Waals surface area contributed by atoms with Gasteiger partial charge in [0, 0.05) is 61.7 Å². The fourth-order valence-electron chi connectivity index (χ4n) is 2.24. The first-order valence-electron chi connectivity index (χ1n) is 6.66. The molecular weight excluding hydrogens is 288 g/mol. The van der Waals surface area contributed by atoms with Crippen molar-refractivity contribution >= 4 is 24.1 Å². The Morgan fingerprint density at radius 1 is 1.57 bits per heavy atom. The normalized spacial score (nSPS) is 16.9. The summed E-state index contributed by atoms with van der Waals surface area (Å²) in [5.74, 6) is -0.908. The van der Waals surface area contributed by atoms with Crippen LogP contribution in [0.4, 0.5) is 0 Å². The molecule has 0 fully saturated rings. The van der Waals surface area contributed by atoms with E-state index in [-0.39, 0.29) is 0 Å². The molecule has 2 heterocycles. The summed E-state index contributed by atoms with van der Waals surface area (Å²) in [6.45, 7) is 3.48. The van der Waals surface area contributed by atoms with Crippen LogP contribution in [0.5, 0.6) is 0 Å². The Labute approximate surface area is 128 Å². The largest absolute Gasteiger partial charge is 0.477 e. The van der Waals surface area contributed by atoms with Crippen LogP contribution in [-0.2, 0) is 7.05 Å². The van der Waals surface area contributed by atoms with Crippen LogP contribution in [0.2, 0.25) is 0 Å². The minimum absolute atomic E-state index is 0.303. The smallest absolute Gasteiger partial charge is 0.352 e. The highest BCUT2D eigenvalue weighted by Gasteiger charge is 2.21. The number of hydrogen-bond acceptors (Lipinski definition) is 5. The lowest BCUT2D eigenvalue weighted by Crippen LogP contribution is -2.29. The third-order valence-corrected chi connectivity index (χ3v) is 4.79. The van der Waals surface area contributed by atoms with Crippen molar-refractivity contribution in [1.29, 1.82) is 0 Å². The second kappa shape index (κ2) is 6.36. The number of carbonyl (C=O) groups is 1. The Kier molecular flexibility index (Phi) is 4.74. The van der Waals surface area contributed by atoms with Crippen molar-refractivity contribution in [3.05, 3.63) is 28.7 Å². The van der Waals surface area contributed by atoms with E-state index >= 15 is 0 Å². The summed E-state index contributed by atoms with van der Waals surface area (Å²) in [4.78, 5) is 16.2. The predicted molar refractivity (Wildman–Crippen MR) is 84.8 cm³/mol. The highest BCUT2D eigenvalue weighted by atomic mass is 32.2. The van der Waals surface area contributed by atoms with Crippen LogP contribution in [0.25, 0.3) is 0 Å². The van der Waals surface area contributed by atoms with Gasteiger partial charge in [-0.2, -0.15) is 0 Å². The molecule has 0 amide bonds. The van der Waals surface area contributed by atoms with Crippen LogP contribution in [0.15, 0.2) is 27.2 Å². The van der Waals surface area contributed by atoms with Gasteiger partial charge in [-0.3, -0.25) is 4.99 Å². The lowest BCUT2D eigenvalue weighted by atomic mass is 10.1. The van der Waals surface area contributed by atoms with Crippen LogP contribution < -0.4 is 5.73 Å². The number of carboxylic acid groups (broad SMARTS) is 1. The van der Waals surface area contributed by atoms with Gasteiger partial charge in [-0.15, -0.1) is 0 Å². The van der Waals surface area contributed by atoms with Crippen molar-refractivity contribution in [3.63, 3.8) is 0 Å². The molecule has 0 atom stereocenters. The van der Waals surface area contributed by atoms with Crippen LogP contribution in [0.3, 0.4) is 0 Å². The first kappa shape index (κ1) is 15.7. The van der Waals surface area contributed by atoms with Gasteiger partial charge in [-0.25, -0.2) is 9.10 Å². The zero-order chi connectivity index (χ0) is 15.6. The number of aromatic nitrogens is 1. The molecule has 6 nitrogen and oxygen atoms in total. The van der Waals surface area contributed by atoms with Gasteiger partial charge in [-0.05, 0) is 24.9 Å². The summed E-state index contributed by atoms with van der Waals surface area (Å²) in [6.07, 6.45) is 2.59. The monoisotopic (exact) mass is 308 g/mol. The molecule has 0 aromatic carbocycles. The molecule has 3 N–H and O–H groups in total. The zero-order valence-electron chi connectivity index (χ0n) is 12.5. The van der Waals surface area contributed by atoms with Crippen molar-refractivity contribution in [1.82, 2.24) is 8.87 Å². The second-order valence-corrected chi connectivity index (χ2v) is 6.12. The van der Waals surface area contributed by atoms with Gasteiger partial charge in [-0.1, -0.05) is 0 Å². The summed E-state index contributed by atoms with van der Waals surface area (Å²) < 4.78 is 3.88. The van der Waals surface area contributed by atoms with Crippen LogP contribution >= 0.6 is 11.9 Å². The fraction of sp³-hybridized carbons (Fsp3) is 0.429. The number of aromatic carboxylic acids is 1. The van der Waals surface area contributed by atoms with Crippen LogP contribution in [0, 0.1) is 6.92 Å². The van der Waals surface area contributed by atoms with E-state index in [0.717, 1.165) is 34.8 Å². The number of rotatable bonds is 4. The van der Waals surface area contributed by atoms with Crippen molar-refractivity contribution < 1.29 is 9.90 Å². The molecular formula is C14H20N4O2S. The molecule has 0 aliphatic carbocycles. The molecule has 0 bridgehead atoms. The maximum absolute atomic E-state index is 11.2. The summed E-state index contributed by atoms with van der Waals surface area (Å²) in [6, 6.07) is 1.72. The molecule has 0 spiro atoms. The van der Waals surface area contributed by atoms with E-state index in [1.54, 1.807) is 42.9 Å². The van der Waals surface area contributed by atoms with E-state index in [1.807, 2.05) is 6.92 Å². The quantitative estimate of drug-likeness (QED) is 0.653. The minimum atomic E-state index is -0.908. The Morgan fingerprint density at radius 2 is 2.29 bits per heavy atom. The van der Waals surface area contributed by atoms with Gasteiger partial charge < -0.3 is 15.4 Å². The van der Waals surface area contributed by atoms with Crippen LogP contribution in [0.1, 0.15) is 22.6 Å². The van der Waals surface area contributed by atoms with Crippen molar-refractivity contribution in [2.75, 3.05) is 20.1 Å². The third kappa shape index (κ3) is 3.30. The molecule has 1 aliphatic heterocycles. The first-order valence-corrected chi connectivity index (χ1v) is 7.43. The number of nitrogens with zero attached hydrogens (tertiary/aromatic N) is 3. The second-order valence-electron chi connectivity index (χ2n) is 4.99. The highest BCUT2D eigenvalue weighted by molar-refractivity contribution is 7.97. The number of carboxylic acids is 1. The lowest BCUT2D eigenvalue weighted by molar-refractivity contribution is 0.0686. The van der Waals surface area contributed by atoms with Crippen molar-refractivity contribution in [2.45, 2.75) is 18.2 Å². The van der Waals surface area contributed by atoms with Gasteiger partial charge >= 0.3 is 5.97 Å². The van der Waals surface area contributed by atoms with E-state index in [9.17, 15) is 9.90 Å². The van der Waals surface area contributed by atoms with Gasteiger partial charge in [0.15, 0.2) is 0 Å². The number of aliphatic imine (C=N–C) groups is 1. The molecule has 1 aromatic rings. The molecule has 0 unspecified atom stereocenters. The SMILES string of the molecule is CN=CC1=C(N)CCN(Sc2cc(C(=O)O)n(C)c2C)C1. The zero-order valence-corrected chi connectivity index (χ0v) is 13.3. The first-order chi connectivity index (χ1) is 9.93. The summed E-state index contributed by atoms with van der Waals surface area (Å²) in [5.41, 5.74) is 9.16. The van der Waals surface area contributed by atoms with Gasteiger partial charge in [0.05, 0.1) is 0 Å². The molecule has 0 radical (unpaired) electrons. The summed E-state index contributed by atoms with van der Waals surface area (Å²) in [7, 11) is 3.50. The number of nitrogens with two attached hydrogens (primary N) is 1. The van der Waals surface area contributed by atoms with Crippen molar-refractivity contribution in [2.24, 2.45) is 17.8 Å². The van der Waals surface area contributed by atoms with E-state index < -0.39 is 5.97 Å².